The average molecular weight is 343 g/mol. The molecule has 1 aliphatic rings. The number of aromatic nitrogens is 2. The van der Waals surface area contributed by atoms with Crippen LogP contribution in [0.15, 0.2) is 24.3 Å². The molecular formula is C19H25N3O3. The Bertz CT molecular complexity index is 716. The van der Waals surface area contributed by atoms with Crippen molar-refractivity contribution in [3.63, 3.8) is 0 Å². The highest BCUT2D eigenvalue weighted by molar-refractivity contribution is 6.06. The zero-order chi connectivity index (χ0) is 17.8. The number of nitrogens with one attached hydrogen (secondary N) is 2. The van der Waals surface area contributed by atoms with Crippen molar-refractivity contribution in [1.82, 2.24) is 10.2 Å². The minimum absolute atomic E-state index is 0.150. The van der Waals surface area contributed by atoms with Gasteiger partial charge >= 0.3 is 0 Å². The van der Waals surface area contributed by atoms with Gasteiger partial charge < -0.3 is 14.8 Å². The molecule has 1 aliphatic heterocycles. The smallest absolute Gasteiger partial charge is 0.259 e. The fourth-order valence-electron chi connectivity index (χ4n) is 2.95. The number of anilines is 1. The van der Waals surface area contributed by atoms with E-state index in [1.54, 1.807) is 0 Å². The topological polar surface area (TPSA) is 76.2 Å². The van der Waals surface area contributed by atoms with Gasteiger partial charge in [-0.15, -0.1) is 0 Å². The standard InChI is InChI=1S/C19H25N3O3/c1-12(2)18-17(13(3)21-22-18)19(23)20-14-6-8-15(9-7-14)25-11-16-5-4-10-24-16/h6-9,12,16H,4-5,10-11H2,1-3H3,(H,20,23)(H,21,22)/t16-/m0/s1. The number of rotatable bonds is 6. The predicted molar refractivity (Wildman–Crippen MR) is 96.3 cm³/mol. The van der Waals surface area contributed by atoms with E-state index in [0.717, 1.165) is 42.3 Å². The molecule has 2 heterocycles. The van der Waals surface area contributed by atoms with Crippen LogP contribution in [0.1, 0.15) is 54.4 Å². The van der Waals surface area contributed by atoms with Crippen LogP contribution in [0.5, 0.6) is 5.75 Å². The summed E-state index contributed by atoms with van der Waals surface area (Å²) in [5, 5.41) is 10.1. The van der Waals surface area contributed by atoms with Gasteiger partial charge in [-0.3, -0.25) is 9.89 Å². The number of ether oxygens (including phenoxy) is 2. The van der Waals surface area contributed by atoms with Gasteiger partial charge in [-0.1, -0.05) is 13.8 Å². The van der Waals surface area contributed by atoms with Crippen molar-refractivity contribution in [2.45, 2.75) is 45.6 Å². The minimum Gasteiger partial charge on any atom is -0.491 e. The number of nitrogens with zero attached hydrogens (tertiary/aromatic N) is 1. The molecule has 6 heteroatoms. The van der Waals surface area contributed by atoms with Crippen LogP contribution in [0.3, 0.4) is 0 Å². The molecule has 1 atom stereocenters. The van der Waals surface area contributed by atoms with E-state index in [1.165, 1.54) is 0 Å². The van der Waals surface area contributed by atoms with E-state index in [1.807, 2.05) is 45.0 Å². The van der Waals surface area contributed by atoms with Crippen molar-refractivity contribution < 1.29 is 14.3 Å². The molecule has 0 saturated carbocycles. The van der Waals surface area contributed by atoms with Gasteiger partial charge in [-0.2, -0.15) is 5.10 Å². The number of amides is 1. The van der Waals surface area contributed by atoms with E-state index in [4.69, 9.17) is 9.47 Å². The Hall–Kier alpha value is -2.34. The average Bonchev–Trinajstić information content (AvgIpc) is 3.23. The van der Waals surface area contributed by atoms with Gasteiger partial charge in [0, 0.05) is 18.0 Å². The van der Waals surface area contributed by atoms with Crippen LogP contribution in [-0.4, -0.2) is 35.4 Å². The quantitative estimate of drug-likeness (QED) is 0.839. The lowest BCUT2D eigenvalue weighted by Crippen LogP contribution is -2.16. The predicted octanol–water partition coefficient (Wildman–Crippen LogP) is 3.65. The van der Waals surface area contributed by atoms with Crippen molar-refractivity contribution in [3.05, 3.63) is 41.2 Å². The van der Waals surface area contributed by atoms with E-state index in [0.29, 0.717) is 12.2 Å². The zero-order valence-corrected chi connectivity index (χ0v) is 15.0. The monoisotopic (exact) mass is 343 g/mol. The van der Waals surface area contributed by atoms with Gasteiger partial charge in [-0.05, 0) is 49.9 Å². The second kappa shape index (κ2) is 7.70. The molecule has 0 aliphatic carbocycles. The third kappa shape index (κ3) is 4.20. The molecule has 0 unspecified atom stereocenters. The first-order valence-corrected chi connectivity index (χ1v) is 8.75. The van der Waals surface area contributed by atoms with E-state index in [-0.39, 0.29) is 17.9 Å². The fourth-order valence-corrected chi connectivity index (χ4v) is 2.95. The molecule has 1 aromatic carbocycles. The number of carbonyl (C=O) groups excluding carboxylic acids is 1. The molecule has 0 radical (unpaired) electrons. The molecule has 25 heavy (non-hydrogen) atoms. The molecule has 0 spiro atoms. The van der Waals surface area contributed by atoms with E-state index >= 15 is 0 Å². The molecule has 3 rings (SSSR count). The highest BCUT2D eigenvalue weighted by atomic mass is 16.5. The number of aromatic amines is 1. The molecule has 0 bridgehead atoms. The normalized spacial score (nSPS) is 17.0. The third-order valence-electron chi connectivity index (χ3n) is 4.32. The molecular weight excluding hydrogens is 318 g/mol. The summed E-state index contributed by atoms with van der Waals surface area (Å²) >= 11 is 0. The molecule has 2 N–H and O–H groups in total. The maximum absolute atomic E-state index is 12.6. The molecule has 1 fully saturated rings. The Morgan fingerprint density at radius 3 is 2.80 bits per heavy atom. The fraction of sp³-hybridized carbons (Fsp3) is 0.474. The van der Waals surface area contributed by atoms with Crippen LogP contribution in [0.4, 0.5) is 5.69 Å². The number of aryl methyl sites for hydroxylation is 1. The molecule has 1 amide bonds. The summed E-state index contributed by atoms with van der Waals surface area (Å²) in [6.07, 6.45) is 2.35. The van der Waals surface area contributed by atoms with Gasteiger partial charge in [0.1, 0.15) is 12.4 Å². The maximum Gasteiger partial charge on any atom is 0.259 e. The Balaban J connectivity index is 1.61. The second-order valence-electron chi connectivity index (χ2n) is 6.69. The Morgan fingerprint density at radius 1 is 1.40 bits per heavy atom. The van der Waals surface area contributed by atoms with Gasteiger partial charge in [0.25, 0.3) is 5.91 Å². The largest absolute Gasteiger partial charge is 0.491 e. The van der Waals surface area contributed by atoms with Crippen LogP contribution >= 0.6 is 0 Å². The van der Waals surface area contributed by atoms with Crippen molar-refractivity contribution >= 4 is 11.6 Å². The molecule has 1 saturated heterocycles. The van der Waals surface area contributed by atoms with Crippen LogP contribution < -0.4 is 10.1 Å². The van der Waals surface area contributed by atoms with E-state index in [9.17, 15) is 4.79 Å². The van der Waals surface area contributed by atoms with Crippen LogP contribution in [0, 0.1) is 6.92 Å². The maximum atomic E-state index is 12.6. The van der Waals surface area contributed by atoms with Gasteiger partial charge in [0.15, 0.2) is 0 Å². The first-order chi connectivity index (χ1) is 12.0. The molecule has 134 valence electrons. The highest BCUT2D eigenvalue weighted by Gasteiger charge is 2.20. The second-order valence-corrected chi connectivity index (χ2v) is 6.69. The number of carbonyl (C=O) groups is 1. The zero-order valence-electron chi connectivity index (χ0n) is 15.0. The number of H-pyrrole nitrogens is 1. The summed E-state index contributed by atoms with van der Waals surface area (Å²) in [4.78, 5) is 12.6. The Kier molecular flexibility index (Phi) is 5.38. The van der Waals surface area contributed by atoms with E-state index in [2.05, 4.69) is 15.5 Å². The van der Waals surface area contributed by atoms with Gasteiger partial charge in [0.2, 0.25) is 0 Å². The summed E-state index contributed by atoms with van der Waals surface area (Å²) in [7, 11) is 0. The number of hydrogen-bond acceptors (Lipinski definition) is 4. The van der Waals surface area contributed by atoms with Crippen LogP contribution in [-0.2, 0) is 4.74 Å². The van der Waals surface area contributed by atoms with Crippen LogP contribution in [0.25, 0.3) is 0 Å². The van der Waals surface area contributed by atoms with Gasteiger partial charge in [0.05, 0.1) is 17.4 Å². The number of benzene rings is 1. The molecule has 2 aromatic rings. The lowest BCUT2D eigenvalue weighted by atomic mass is 10.0. The third-order valence-corrected chi connectivity index (χ3v) is 4.32. The number of hydrogen-bond donors (Lipinski definition) is 2. The van der Waals surface area contributed by atoms with Crippen LogP contribution in [0.2, 0.25) is 0 Å². The van der Waals surface area contributed by atoms with E-state index < -0.39 is 0 Å². The van der Waals surface area contributed by atoms with Crippen molar-refractivity contribution in [1.29, 1.82) is 0 Å². The highest BCUT2D eigenvalue weighted by Crippen LogP contribution is 2.22. The summed E-state index contributed by atoms with van der Waals surface area (Å²) in [5.41, 5.74) is 2.91. The van der Waals surface area contributed by atoms with Gasteiger partial charge in [-0.25, -0.2) is 0 Å². The lowest BCUT2D eigenvalue weighted by molar-refractivity contribution is 0.0679. The SMILES string of the molecule is Cc1[nH]nc(C(C)C)c1C(=O)Nc1ccc(OC[C@@H]2CCCO2)cc1. The van der Waals surface area contributed by atoms with Crippen molar-refractivity contribution in [3.8, 4) is 5.75 Å². The minimum atomic E-state index is -0.150. The first kappa shape index (κ1) is 17.5. The summed E-state index contributed by atoms with van der Waals surface area (Å²) in [6.45, 7) is 7.29. The van der Waals surface area contributed by atoms with Crippen molar-refractivity contribution in [2.75, 3.05) is 18.5 Å². The molecule has 1 aromatic heterocycles. The first-order valence-electron chi connectivity index (χ1n) is 8.75. The Morgan fingerprint density at radius 2 is 2.16 bits per heavy atom. The summed E-state index contributed by atoms with van der Waals surface area (Å²) < 4.78 is 11.3. The summed E-state index contributed by atoms with van der Waals surface area (Å²) in [6, 6.07) is 7.40. The van der Waals surface area contributed by atoms with Crippen molar-refractivity contribution in [2.24, 2.45) is 0 Å². The summed E-state index contributed by atoms with van der Waals surface area (Å²) in [5.74, 6) is 0.804. The molecule has 6 nitrogen and oxygen atoms in total. The Labute approximate surface area is 147 Å². The lowest BCUT2D eigenvalue weighted by Gasteiger charge is -2.12.